The van der Waals surface area contributed by atoms with Crippen LogP contribution in [-0.4, -0.2) is 22.1 Å². The van der Waals surface area contributed by atoms with Gasteiger partial charge in [0.2, 0.25) is 0 Å². The van der Waals surface area contributed by atoms with Crippen molar-refractivity contribution in [1.29, 1.82) is 5.26 Å². The number of rotatable bonds is 9. The first-order valence-corrected chi connectivity index (χ1v) is 6.40. The molecule has 0 aromatic heterocycles. The van der Waals surface area contributed by atoms with Gasteiger partial charge in [0.25, 0.3) is 0 Å². The van der Waals surface area contributed by atoms with Crippen molar-refractivity contribution in [3.05, 3.63) is 25.3 Å². The Kier molecular flexibility index (Phi) is 10.4. The molecule has 0 radical (unpaired) electrons. The standard InChI is InChI=1S/C11H17NO4S.H3N/c1-4-6-10(7-5-2)11(8-12)9-16-17(13,14)15-3;/h4-5,10-11H,1-2,6-7,9H2,3H3;1H3. The second-order valence-corrected chi connectivity index (χ2v) is 4.79. The molecule has 0 aromatic rings. The van der Waals surface area contributed by atoms with E-state index in [4.69, 9.17) is 5.26 Å². The highest BCUT2D eigenvalue weighted by Crippen LogP contribution is 2.21. The maximum atomic E-state index is 11.0. The molecule has 0 bridgehead atoms. The van der Waals surface area contributed by atoms with Crippen molar-refractivity contribution in [1.82, 2.24) is 6.15 Å². The van der Waals surface area contributed by atoms with Crippen molar-refractivity contribution in [2.24, 2.45) is 11.8 Å². The van der Waals surface area contributed by atoms with E-state index in [1.165, 1.54) is 0 Å². The molecule has 6 nitrogen and oxygen atoms in total. The van der Waals surface area contributed by atoms with Crippen LogP contribution in [0.2, 0.25) is 0 Å². The minimum Gasteiger partial charge on any atom is -0.344 e. The Morgan fingerprint density at radius 2 is 1.83 bits per heavy atom. The summed E-state index contributed by atoms with van der Waals surface area (Å²) >= 11 is 0. The van der Waals surface area contributed by atoms with Crippen LogP contribution in [0.25, 0.3) is 0 Å². The summed E-state index contributed by atoms with van der Waals surface area (Å²) in [6.45, 7) is 6.97. The summed E-state index contributed by atoms with van der Waals surface area (Å²) in [5, 5.41) is 8.99. The lowest BCUT2D eigenvalue weighted by Gasteiger charge is -2.18. The molecule has 3 N–H and O–H groups in total. The fourth-order valence-electron chi connectivity index (χ4n) is 1.34. The van der Waals surface area contributed by atoms with Gasteiger partial charge in [0, 0.05) is 0 Å². The lowest BCUT2D eigenvalue weighted by Crippen LogP contribution is -2.21. The molecule has 0 heterocycles. The average Bonchev–Trinajstić information content (AvgIpc) is 2.30. The lowest BCUT2D eigenvalue weighted by molar-refractivity contribution is 0.198. The molecule has 104 valence electrons. The molecule has 0 aliphatic carbocycles. The van der Waals surface area contributed by atoms with E-state index in [1.54, 1.807) is 12.2 Å². The Bertz CT molecular complexity index is 376. The van der Waals surface area contributed by atoms with Gasteiger partial charge in [-0.1, -0.05) is 12.2 Å². The summed E-state index contributed by atoms with van der Waals surface area (Å²) in [5.41, 5.74) is 0. The van der Waals surface area contributed by atoms with E-state index in [2.05, 4.69) is 21.5 Å². The van der Waals surface area contributed by atoms with E-state index in [0.29, 0.717) is 12.8 Å². The van der Waals surface area contributed by atoms with Gasteiger partial charge in [-0.05, 0) is 18.8 Å². The minimum absolute atomic E-state index is 0. The molecule has 0 aromatic carbocycles. The first-order valence-electron chi connectivity index (χ1n) is 5.07. The van der Waals surface area contributed by atoms with Crippen LogP contribution in [0.3, 0.4) is 0 Å². The maximum Gasteiger partial charge on any atom is 0.399 e. The van der Waals surface area contributed by atoms with E-state index in [0.717, 1.165) is 7.11 Å². The van der Waals surface area contributed by atoms with Crippen LogP contribution in [0.4, 0.5) is 0 Å². The van der Waals surface area contributed by atoms with Gasteiger partial charge in [-0.15, -0.1) is 13.2 Å². The van der Waals surface area contributed by atoms with Crippen LogP contribution in [0.15, 0.2) is 25.3 Å². The van der Waals surface area contributed by atoms with Crippen molar-refractivity contribution in [2.75, 3.05) is 13.7 Å². The summed E-state index contributed by atoms with van der Waals surface area (Å²) in [7, 11) is -2.99. The third-order valence-electron chi connectivity index (χ3n) is 2.27. The van der Waals surface area contributed by atoms with Crippen LogP contribution < -0.4 is 6.15 Å². The van der Waals surface area contributed by atoms with Gasteiger partial charge < -0.3 is 6.15 Å². The summed E-state index contributed by atoms with van der Waals surface area (Å²) in [4.78, 5) is 0. The van der Waals surface area contributed by atoms with Crippen LogP contribution in [-0.2, 0) is 18.8 Å². The predicted molar refractivity (Wildman–Crippen MR) is 69.1 cm³/mol. The number of allylic oxidation sites excluding steroid dienone is 2. The topological polar surface area (TPSA) is 111 Å². The minimum atomic E-state index is -3.99. The third kappa shape index (κ3) is 7.19. The number of nitrogens with zero attached hydrogens (tertiary/aromatic N) is 1. The van der Waals surface area contributed by atoms with Gasteiger partial charge in [-0.3, -0.25) is 4.18 Å². The van der Waals surface area contributed by atoms with E-state index >= 15 is 0 Å². The van der Waals surface area contributed by atoms with Crippen LogP contribution in [0.5, 0.6) is 0 Å². The Hall–Kier alpha value is -1.20. The largest absolute Gasteiger partial charge is 0.399 e. The molecular formula is C11H20N2O4S. The highest BCUT2D eigenvalue weighted by atomic mass is 32.3. The zero-order chi connectivity index (χ0) is 13.3. The fourth-order valence-corrected chi connectivity index (χ4v) is 1.75. The Morgan fingerprint density at radius 1 is 1.33 bits per heavy atom. The van der Waals surface area contributed by atoms with Crippen molar-refractivity contribution in [3.8, 4) is 6.07 Å². The van der Waals surface area contributed by atoms with E-state index in [-0.39, 0.29) is 18.7 Å². The average molecular weight is 276 g/mol. The highest BCUT2D eigenvalue weighted by Gasteiger charge is 2.22. The molecule has 1 atom stereocenters. The number of hydrogen-bond acceptors (Lipinski definition) is 6. The molecule has 0 spiro atoms. The molecule has 0 saturated carbocycles. The second-order valence-electron chi connectivity index (χ2n) is 3.40. The van der Waals surface area contributed by atoms with E-state index < -0.39 is 16.3 Å². The fraction of sp³-hybridized carbons (Fsp3) is 0.545. The number of hydrogen-bond donors (Lipinski definition) is 1. The van der Waals surface area contributed by atoms with Crippen LogP contribution in [0, 0.1) is 23.2 Å². The molecule has 0 rings (SSSR count). The molecular weight excluding hydrogens is 256 g/mol. The Morgan fingerprint density at radius 3 is 2.17 bits per heavy atom. The molecule has 1 unspecified atom stereocenters. The lowest BCUT2D eigenvalue weighted by atomic mass is 9.88. The highest BCUT2D eigenvalue weighted by molar-refractivity contribution is 7.81. The summed E-state index contributed by atoms with van der Waals surface area (Å²) in [6, 6.07) is 2.03. The van der Waals surface area contributed by atoms with Gasteiger partial charge in [-0.25, -0.2) is 4.18 Å². The summed E-state index contributed by atoms with van der Waals surface area (Å²) in [6.07, 6.45) is 4.56. The first kappa shape index (κ1) is 19.1. The molecule has 18 heavy (non-hydrogen) atoms. The van der Waals surface area contributed by atoms with E-state index in [9.17, 15) is 8.42 Å². The number of nitriles is 1. The normalized spacial score (nSPS) is 12.3. The quantitative estimate of drug-likeness (QED) is 0.644. The first-order chi connectivity index (χ1) is 8.00. The van der Waals surface area contributed by atoms with Crippen LogP contribution >= 0.6 is 0 Å². The van der Waals surface area contributed by atoms with Crippen LogP contribution in [0.1, 0.15) is 12.8 Å². The van der Waals surface area contributed by atoms with Crippen molar-refractivity contribution >= 4 is 10.4 Å². The molecule has 7 heteroatoms. The molecule has 0 amide bonds. The molecule has 0 fully saturated rings. The van der Waals surface area contributed by atoms with Crippen molar-refractivity contribution in [3.63, 3.8) is 0 Å². The zero-order valence-corrected chi connectivity index (χ0v) is 11.4. The van der Waals surface area contributed by atoms with E-state index in [1.807, 2.05) is 6.07 Å². The van der Waals surface area contributed by atoms with Gasteiger partial charge in [0.05, 0.1) is 25.7 Å². The van der Waals surface area contributed by atoms with Gasteiger partial charge in [-0.2, -0.15) is 13.7 Å². The molecule has 0 saturated heterocycles. The molecule has 0 aliphatic rings. The predicted octanol–water partition coefficient (Wildman–Crippen LogP) is 1.96. The third-order valence-corrected chi connectivity index (χ3v) is 3.10. The SMILES string of the molecule is C=CCC(CC=C)C(C#N)COS(=O)(=O)OC.N. The summed E-state index contributed by atoms with van der Waals surface area (Å²) in [5.74, 6) is -0.599. The Labute approximate surface area is 109 Å². The Balaban J connectivity index is 0. The van der Waals surface area contributed by atoms with Gasteiger partial charge in [0.1, 0.15) is 0 Å². The van der Waals surface area contributed by atoms with Crippen molar-refractivity contribution < 1.29 is 16.8 Å². The monoisotopic (exact) mass is 276 g/mol. The van der Waals surface area contributed by atoms with Crippen molar-refractivity contribution in [2.45, 2.75) is 12.8 Å². The second kappa shape index (κ2) is 9.79. The zero-order valence-electron chi connectivity index (χ0n) is 10.5. The maximum absolute atomic E-state index is 11.0. The smallest absolute Gasteiger partial charge is 0.344 e. The van der Waals surface area contributed by atoms with Gasteiger partial charge >= 0.3 is 10.4 Å². The summed E-state index contributed by atoms with van der Waals surface area (Å²) < 4.78 is 30.6. The van der Waals surface area contributed by atoms with Gasteiger partial charge in [0.15, 0.2) is 0 Å². The molecule has 0 aliphatic heterocycles.